The van der Waals surface area contributed by atoms with Gasteiger partial charge in [0.2, 0.25) is 0 Å². The molecular formula is C21H28OS. The number of hydrogen-bond acceptors (Lipinski definition) is 2. The summed E-state index contributed by atoms with van der Waals surface area (Å²) in [5.74, 6) is 2.75. The van der Waals surface area contributed by atoms with E-state index in [-0.39, 0.29) is 0 Å². The highest BCUT2D eigenvalue weighted by Crippen LogP contribution is 2.34. The third-order valence-electron chi connectivity index (χ3n) is 4.94. The van der Waals surface area contributed by atoms with Crippen molar-refractivity contribution in [3.05, 3.63) is 35.2 Å². The number of rotatable bonds is 6. The Bertz CT molecular complexity index is 647. The van der Waals surface area contributed by atoms with Gasteiger partial charge in [-0.3, -0.25) is 0 Å². The predicted octanol–water partition coefficient (Wildman–Crippen LogP) is 6.92. The summed E-state index contributed by atoms with van der Waals surface area (Å²) >= 11 is 1.87. The molecule has 2 aromatic rings. The summed E-state index contributed by atoms with van der Waals surface area (Å²) in [6, 6.07) is 8.71. The lowest BCUT2D eigenvalue weighted by Gasteiger charge is -2.26. The lowest BCUT2D eigenvalue weighted by molar-refractivity contribution is 0.295. The Kier molecular flexibility index (Phi) is 5.77. The van der Waals surface area contributed by atoms with E-state index in [2.05, 4.69) is 43.3 Å². The summed E-state index contributed by atoms with van der Waals surface area (Å²) < 4.78 is 6.92. The van der Waals surface area contributed by atoms with E-state index >= 15 is 0 Å². The minimum absolute atomic E-state index is 0.727. The molecule has 0 N–H and O–H groups in total. The molecule has 2 heteroatoms. The lowest BCUT2D eigenvalue weighted by atomic mass is 9.80. The fraction of sp³-hybridized carbons (Fsp3) is 0.524. The summed E-state index contributed by atoms with van der Waals surface area (Å²) in [5, 5.41) is 1.32. The summed E-state index contributed by atoms with van der Waals surface area (Å²) in [4.78, 5) is 1.37. The van der Waals surface area contributed by atoms with Crippen molar-refractivity contribution >= 4 is 27.5 Å². The first-order valence-corrected chi connectivity index (χ1v) is 9.94. The molecule has 0 atom stereocenters. The van der Waals surface area contributed by atoms with Gasteiger partial charge in [-0.25, -0.2) is 0 Å². The molecule has 0 aliphatic heterocycles. The number of allylic oxidation sites excluding steroid dienone is 1. The van der Waals surface area contributed by atoms with Gasteiger partial charge in [-0.05, 0) is 80.2 Å². The van der Waals surface area contributed by atoms with Crippen LogP contribution in [0.1, 0.15) is 57.2 Å². The van der Waals surface area contributed by atoms with Crippen LogP contribution in [0, 0.1) is 11.8 Å². The third-order valence-corrected chi connectivity index (χ3v) is 6.01. The van der Waals surface area contributed by atoms with Gasteiger partial charge in [0.25, 0.3) is 0 Å². The van der Waals surface area contributed by atoms with E-state index < -0.39 is 0 Å². The van der Waals surface area contributed by atoms with E-state index in [1.54, 1.807) is 0 Å². The van der Waals surface area contributed by atoms with Crippen LogP contribution >= 0.6 is 11.3 Å². The summed E-state index contributed by atoms with van der Waals surface area (Å²) in [5.41, 5.74) is 0. The van der Waals surface area contributed by atoms with E-state index in [1.165, 1.54) is 53.5 Å². The lowest BCUT2D eigenvalue weighted by Crippen LogP contribution is -2.12. The van der Waals surface area contributed by atoms with E-state index in [9.17, 15) is 0 Å². The molecule has 0 saturated heterocycles. The van der Waals surface area contributed by atoms with Crippen LogP contribution in [0.25, 0.3) is 16.2 Å². The van der Waals surface area contributed by atoms with Crippen molar-refractivity contribution in [3.8, 4) is 5.75 Å². The molecule has 0 amide bonds. The molecule has 3 rings (SSSR count). The average Bonchev–Trinajstić information content (AvgIpc) is 2.97. The molecule has 0 spiro atoms. The quantitative estimate of drug-likeness (QED) is 0.559. The molecule has 0 radical (unpaired) electrons. The molecule has 1 saturated carbocycles. The van der Waals surface area contributed by atoms with Crippen molar-refractivity contribution in [1.29, 1.82) is 0 Å². The molecule has 1 fully saturated rings. The van der Waals surface area contributed by atoms with Crippen LogP contribution in [0.4, 0.5) is 0 Å². The Hall–Kier alpha value is -1.28. The van der Waals surface area contributed by atoms with E-state index in [0.29, 0.717) is 0 Å². The normalized spacial score (nSPS) is 22.0. The maximum absolute atomic E-state index is 5.60. The van der Waals surface area contributed by atoms with Crippen LogP contribution in [0.2, 0.25) is 0 Å². The maximum atomic E-state index is 5.60. The first kappa shape index (κ1) is 16.6. The minimum Gasteiger partial charge on any atom is -0.494 e. The second-order valence-electron chi connectivity index (χ2n) is 6.71. The van der Waals surface area contributed by atoms with Crippen LogP contribution in [0.3, 0.4) is 0 Å². The zero-order valence-corrected chi connectivity index (χ0v) is 15.2. The van der Waals surface area contributed by atoms with Gasteiger partial charge in [0, 0.05) is 9.58 Å². The molecule has 0 bridgehead atoms. The van der Waals surface area contributed by atoms with Crippen LogP contribution in [-0.2, 0) is 0 Å². The largest absolute Gasteiger partial charge is 0.494 e. The van der Waals surface area contributed by atoms with Crippen LogP contribution < -0.4 is 4.74 Å². The molecule has 1 aliphatic carbocycles. The number of benzene rings is 1. The molecule has 23 heavy (non-hydrogen) atoms. The molecule has 1 nitrogen and oxygen atoms in total. The Labute approximate surface area is 144 Å². The monoisotopic (exact) mass is 328 g/mol. The minimum atomic E-state index is 0.727. The van der Waals surface area contributed by atoms with Crippen LogP contribution in [0.15, 0.2) is 30.3 Å². The highest BCUT2D eigenvalue weighted by molar-refractivity contribution is 7.19. The summed E-state index contributed by atoms with van der Waals surface area (Å²) in [6.45, 7) is 5.07. The molecule has 1 heterocycles. The summed E-state index contributed by atoms with van der Waals surface area (Å²) in [6.07, 6.45) is 13.2. The zero-order chi connectivity index (χ0) is 16.1. The zero-order valence-electron chi connectivity index (χ0n) is 14.4. The molecular weight excluding hydrogens is 300 g/mol. The fourth-order valence-electron chi connectivity index (χ4n) is 3.68. The first-order chi connectivity index (χ1) is 11.3. The van der Waals surface area contributed by atoms with Crippen molar-refractivity contribution in [1.82, 2.24) is 0 Å². The van der Waals surface area contributed by atoms with Gasteiger partial charge >= 0.3 is 0 Å². The third kappa shape index (κ3) is 4.38. The Morgan fingerprint density at radius 2 is 1.96 bits per heavy atom. The van der Waals surface area contributed by atoms with E-state index in [4.69, 9.17) is 4.74 Å². The highest BCUT2D eigenvalue weighted by atomic mass is 32.1. The van der Waals surface area contributed by atoms with E-state index in [0.717, 1.165) is 24.2 Å². The van der Waals surface area contributed by atoms with Gasteiger partial charge in [-0.15, -0.1) is 11.3 Å². The second-order valence-corrected chi connectivity index (χ2v) is 7.83. The molecule has 1 aliphatic rings. The number of hydrogen-bond donors (Lipinski definition) is 0. The van der Waals surface area contributed by atoms with Gasteiger partial charge in [-0.2, -0.15) is 0 Å². The van der Waals surface area contributed by atoms with Gasteiger partial charge in [-0.1, -0.05) is 25.8 Å². The van der Waals surface area contributed by atoms with Gasteiger partial charge < -0.3 is 4.74 Å². The fourth-order valence-corrected chi connectivity index (χ4v) is 4.69. The standard InChI is InChI=1S/C21H28OS/c1-3-5-16-6-8-17(9-7-16)10-13-20-14-18-11-12-19(22-4-2)15-21(18)23-20/h10-17H,3-9H2,1-2H3/b13-10+. The van der Waals surface area contributed by atoms with Crippen LogP contribution in [-0.4, -0.2) is 6.61 Å². The van der Waals surface area contributed by atoms with Gasteiger partial charge in [0.15, 0.2) is 0 Å². The maximum Gasteiger partial charge on any atom is 0.120 e. The Morgan fingerprint density at radius 3 is 2.70 bits per heavy atom. The molecule has 0 unspecified atom stereocenters. The highest BCUT2D eigenvalue weighted by Gasteiger charge is 2.18. The average molecular weight is 329 g/mol. The van der Waals surface area contributed by atoms with Crippen molar-refractivity contribution < 1.29 is 4.74 Å². The Balaban J connectivity index is 1.62. The van der Waals surface area contributed by atoms with Gasteiger partial charge in [0.1, 0.15) is 5.75 Å². The second kappa shape index (κ2) is 8.01. The Morgan fingerprint density at radius 1 is 1.13 bits per heavy atom. The van der Waals surface area contributed by atoms with Crippen molar-refractivity contribution in [2.24, 2.45) is 11.8 Å². The van der Waals surface area contributed by atoms with Crippen LogP contribution in [0.5, 0.6) is 5.75 Å². The summed E-state index contributed by atoms with van der Waals surface area (Å²) in [7, 11) is 0. The van der Waals surface area contributed by atoms with E-state index in [1.807, 2.05) is 18.3 Å². The van der Waals surface area contributed by atoms with Crippen molar-refractivity contribution in [2.75, 3.05) is 6.61 Å². The molecule has 1 aromatic carbocycles. The molecule has 124 valence electrons. The first-order valence-electron chi connectivity index (χ1n) is 9.13. The van der Waals surface area contributed by atoms with Crippen molar-refractivity contribution in [2.45, 2.75) is 52.4 Å². The SMILES string of the molecule is CCCC1CCC(/C=C/c2cc3ccc(OCC)cc3s2)CC1. The number of fused-ring (bicyclic) bond motifs is 1. The number of thiophene rings is 1. The van der Waals surface area contributed by atoms with Crippen molar-refractivity contribution in [3.63, 3.8) is 0 Å². The smallest absolute Gasteiger partial charge is 0.120 e. The molecule has 1 aromatic heterocycles. The number of ether oxygens (including phenoxy) is 1. The predicted molar refractivity (Wildman–Crippen MR) is 102 cm³/mol. The topological polar surface area (TPSA) is 9.23 Å². The van der Waals surface area contributed by atoms with Gasteiger partial charge in [0.05, 0.1) is 6.61 Å².